The van der Waals surface area contributed by atoms with Crippen LogP contribution in [0.5, 0.6) is 0 Å². The van der Waals surface area contributed by atoms with E-state index in [9.17, 15) is 44.1 Å². The lowest BCUT2D eigenvalue weighted by molar-refractivity contribution is -0.149. The van der Waals surface area contributed by atoms with Crippen LogP contribution < -0.4 is 0 Å². The summed E-state index contributed by atoms with van der Waals surface area (Å²) in [5.74, 6) is -9.06. The zero-order valence-corrected chi connectivity index (χ0v) is 21.4. The molecule has 0 amide bonds. The molecular weight excluding hydrogens is 488 g/mol. The lowest BCUT2D eigenvalue weighted by Gasteiger charge is -2.30. The maximum atomic E-state index is 13.4. The first kappa shape index (κ1) is 34.8. The van der Waals surface area contributed by atoms with Crippen molar-refractivity contribution in [1.29, 1.82) is 0 Å². The molecule has 11 heteroatoms. The molecule has 0 aromatic heterocycles. The molecule has 0 radical (unpaired) electrons. The van der Waals surface area contributed by atoms with Crippen LogP contribution in [0.4, 0.5) is 0 Å². The highest BCUT2D eigenvalue weighted by molar-refractivity contribution is 6.42. The van der Waals surface area contributed by atoms with Gasteiger partial charge in [0.15, 0.2) is 5.78 Å². The van der Waals surface area contributed by atoms with E-state index < -0.39 is 46.7 Å². The highest BCUT2D eigenvalue weighted by Crippen LogP contribution is 2.33. The summed E-state index contributed by atoms with van der Waals surface area (Å²) in [4.78, 5) is 77.9. The van der Waals surface area contributed by atoms with Crippen LogP contribution in [0.15, 0.2) is 0 Å². The molecule has 0 aliphatic heterocycles. The van der Waals surface area contributed by atoms with E-state index in [1.165, 1.54) is 0 Å². The van der Waals surface area contributed by atoms with Gasteiger partial charge in [0.2, 0.25) is 5.78 Å². The van der Waals surface area contributed by atoms with E-state index >= 15 is 0 Å². The van der Waals surface area contributed by atoms with Gasteiger partial charge in [-0.15, -0.1) is 0 Å². The minimum atomic E-state index is -1.81. The number of hydrogen-bond acceptors (Lipinski definition) is 11. The van der Waals surface area contributed by atoms with Crippen LogP contribution >= 0.6 is 0 Å². The molecule has 0 rings (SSSR count). The van der Waals surface area contributed by atoms with Gasteiger partial charge >= 0.3 is 0 Å². The minimum Gasteiger partial charge on any atom is -0.396 e. The maximum absolute atomic E-state index is 13.4. The predicted molar refractivity (Wildman–Crippen MR) is 131 cm³/mol. The van der Waals surface area contributed by atoms with E-state index in [4.69, 9.17) is 10.2 Å². The van der Waals surface area contributed by atoms with Crippen LogP contribution in [0.3, 0.4) is 0 Å². The molecule has 0 saturated heterocycles. The van der Waals surface area contributed by atoms with Crippen molar-refractivity contribution >= 4 is 34.7 Å². The van der Waals surface area contributed by atoms with Gasteiger partial charge < -0.3 is 25.5 Å². The Morgan fingerprint density at radius 1 is 0.486 bits per heavy atom. The summed E-state index contributed by atoms with van der Waals surface area (Å²) in [5.41, 5.74) is 0. The Kier molecular flexibility index (Phi) is 19.6. The van der Waals surface area contributed by atoms with Crippen LogP contribution in [0.25, 0.3) is 0 Å². The Morgan fingerprint density at radius 2 is 0.919 bits per heavy atom. The molecular formula is C26H42O11. The Bertz CT molecular complexity index is 747. The fraction of sp³-hybridized carbons (Fsp3) is 0.769. The molecule has 0 aromatic rings. The largest absolute Gasteiger partial charge is 0.396 e. The average molecular weight is 531 g/mol. The third-order valence-corrected chi connectivity index (χ3v) is 6.14. The van der Waals surface area contributed by atoms with Gasteiger partial charge in [-0.1, -0.05) is 0 Å². The number of ketones is 6. The molecule has 0 bridgehead atoms. The second kappa shape index (κ2) is 20.8. The number of hydrogen-bond donors (Lipinski definition) is 5. The van der Waals surface area contributed by atoms with Crippen LogP contribution in [-0.2, 0) is 28.8 Å². The molecule has 0 saturated carbocycles. The molecule has 37 heavy (non-hydrogen) atoms. The van der Waals surface area contributed by atoms with Crippen LogP contribution in [0.2, 0.25) is 0 Å². The summed E-state index contributed by atoms with van der Waals surface area (Å²) in [5, 5.41) is 45.6. The molecule has 5 N–H and O–H groups in total. The van der Waals surface area contributed by atoms with Gasteiger partial charge in [0, 0.05) is 83.4 Å². The van der Waals surface area contributed by atoms with Gasteiger partial charge in [0.25, 0.3) is 0 Å². The lowest BCUT2D eigenvalue weighted by Crippen LogP contribution is -2.45. The summed E-state index contributed by atoms with van der Waals surface area (Å²) in [6, 6.07) is 0. The first-order chi connectivity index (χ1) is 17.7. The normalized spacial score (nSPS) is 13.5. The summed E-state index contributed by atoms with van der Waals surface area (Å²) in [6.07, 6.45) is -1.26. The van der Waals surface area contributed by atoms with Gasteiger partial charge in [-0.05, 0) is 38.5 Å². The standard InChI is InChI=1S/C26H42O11/c27-13-1-6-18(32)11-12-19(20(33)7-2-14-28)24(21(34)8-3-15-29)25(22(35)9-4-16-30)26(37)23(36)10-5-17-31/h19,24-25,27-31H,1-17H2. The Morgan fingerprint density at radius 3 is 1.43 bits per heavy atom. The van der Waals surface area contributed by atoms with Gasteiger partial charge in [-0.2, -0.15) is 0 Å². The number of carbonyl (C=O) groups excluding carboxylic acids is 6. The van der Waals surface area contributed by atoms with Crippen molar-refractivity contribution in [2.24, 2.45) is 17.8 Å². The average Bonchev–Trinajstić information content (AvgIpc) is 2.89. The summed E-state index contributed by atoms with van der Waals surface area (Å²) in [7, 11) is 0. The van der Waals surface area contributed by atoms with Crippen molar-refractivity contribution in [2.45, 2.75) is 77.0 Å². The molecule has 0 spiro atoms. The first-order valence-electron chi connectivity index (χ1n) is 12.9. The van der Waals surface area contributed by atoms with E-state index in [0.717, 1.165) is 0 Å². The van der Waals surface area contributed by atoms with Crippen molar-refractivity contribution in [1.82, 2.24) is 0 Å². The number of rotatable bonds is 25. The minimum absolute atomic E-state index is 0.00743. The van der Waals surface area contributed by atoms with E-state index in [1.807, 2.05) is 0 Å². The second-order valence-corrected chi connectivity index (χ2v) is 9.01. The highest BCUT2D eigenvalue weighted by Gasteiger charge is 2.46. The van der Waals surface area contributed by atoms with E-state index in [2.05, 4.69) is 0 Å². The van der Waals surface area contributed by atoms with Crippen molar-refractivity contribution < 1.29 is 54.3 Å². The smallest absolute Gasteiger partial charge is 0.209 e. The molecule has 3 atom stereocenters. The van der Waals surface area contributed by atoms with Crippen molar-refractivity contribution in [3.05, 3.63) is 0 Å². The molecule has 212 valence electrons. The monoisotopic (exact) mass is 530 g/mol. The second-order valence-electron chi connectivity index (χ2n) is 9.01. The number of aliphatic hydroxyl groups is 5. The molecule has 0 aliphatic rings. The maximum Gasteiger partial charge on any atom is 0.209 e. The third-order valence-electron chi connectivity index (χ3n) is 6.14. The molecule has 3 unspecified atom stereocenters. The fourth-order valence-electron chi connectivity index (χ4n) is 4.21. The SMILES string of the molecule is O=C(CCCO)CCC(C(=O)CCCO)C(C(=O)CCCO)C(C(=O)CCCO)C(=O)C(=O)CCCO. The lowest BCUT2D eigenvalue weighted by atomic mass is 9.68. The summed E-state index contributed by atoms with van der Waals surface area (Å²) >= 11 is 0. The quantitative estimate of drug-likeness (QED) is 0.0778. The molecule has 0 heterocycles. The van der Waals surface area contributed by atoms with Crippen molar-refractivity contribution in [3.63, 3.8) is 0 Å². The van der Waals surface area contributed by atoms with Gasteiger partial charge in [-0.25, -0.2) is 0 Å². The van der Waals surface area contributed by atoms with Gasteiger partial charge in [0.05, 0.1) is 5.92 Å². The fourth-order valence-corrected chi connectivity index (χ4v) is 4.21. The predicted octanol–water partition coefficient (Wildman–Crippen LogP) is -0.108. The Balaban J connectivity index is 6.54. The van der Waals surface area contributed by atoms with Gasteiger partial charge in [0.1, 0.15) is 23.1 Å². The van der Waals surface area contributed by atoms with Crippen LogP contribution in [0.1, 0.15) is 77.0 Å². The summed E-state index contributed by atoms with van der Waals surface area (Å²) in [6.45, 7) is -1.66. The van der Waals surface area contributed by atoms with E-state index in [0.29, 0.717) is 0 Å². The van der Waals surface area contributed by atoms with Gasteiger partial charge in [-0.3, -0.25) is 28.8 Å². The van der Waals surface area contributed by atoms with E-state index in [1.54, 1.807) is 0 Å². The Hall–Kier alpha value is -2.18. The van der Waals surface area contributed by atoms with Crippen LogP contribution in [0, 0.1) is 17.8 Å². The molecule has 0 aliphatic carbocycles. The van der Waals surface area contributed by atoms with E-state index in [-0.39, 0.29) is 116 Å². The van der Waals surface area contributed by atoms with Crippen molar-refractivity contribution in [2.75, 3.05) is 33.0 Å². The van der Waals surface area contributed by atoms with Crippen LogP contribution in [-0.4, -0.2) is 93.3 Å². The summed E-state index contributed by atoms with van der Waals surface area (Å²) < 4.78 is 0. The topological polar surface area (TPSA) is 204 Å². The third kappa shape index (κ3) is 13.3. The number of Topliss-reactive ketones (excluding diaryl/α,β-unsaturated/α-hetero) is 6. The molecule has 11 nitrogen and oxygen atoms in total. The number of carbonyl (C=O) groups is 6. The number of aliphatic hydroxyl groups excluding tert-OH is 5. The highest BCUT2D eigenvalue weighted by atomic mass is 16.3. The Labute approximate surface area is 217 Å². The zero-order chi connectivity index (χ0) is 28.2. The van der Waals surface area contributed by atoms with Crippen molar-refractivity contribution in [3.8, 4) is 0 Å². The zero-order valence-electron chi connectivity index (χ0n) is 21.4. The molecule has 0 fully saturated rings. The first-order valence-corrected chi connectivity index (χ1v) is 12.9. The molecule has 0 aromatic carbocycles.